The van der Waals surface area contributed by atoms with E-state index in [1.165, 1.54) is 12.2 Å². The van der Waals surface area contributed by atoms with Gasteiger partial charge >= 0.3 is 0 Å². The Morgan fingerprint density at radius 1 is 1.42 bits per heavy atom. The molecule has 0 atom stereocenters. The first kappa shape index (κ1) is 10.9. The van der Waals surface area contributed by atoms with Crippen LogP contribution in [0.5, 0.6) is 0 Å². The average molecular weight is 188 g/mol. The van der Waals surface area contributed by atoms with Gasteiger partial charge < -0.3 is 0 Å². The van der Waals surface area contributed by atoms with E-state index in [4.69, 9.17) is 0 Å². The highest BCUT2D eigenvalue weighted by Gasteiger charge is 2.10. The summed E-state index contributed by atoms with van der Waals surface area (Å²) >= 11 is 0. The van der Waals surface area contributed by atoms with Gasteiger partial charge in [-0.15, -0.1) is 13.2 Å². The van der Waals surface area contributed by atoms with Crippen LogP contribution in [0.3, 0.4) is 0 Å². The second kappa shape index (κ2) is 4.71. The molecule has 0 heterocycles. The normalized spacial score (nSPS) is 10.3. The largest absolute Gasteiger partial charge is 0.273 e. The monoisotopic (exact) mass is 188 g/mol. The molecule has 1 N–H and O–H groups in total. The molecule has 1 amide bonds. The fraction of sp³-hybridized carbons (Fsp3) is 0.143. The summed E-state index contributed by atoms with van der Waals surface area (Å²) < 4.78 is 23.5. The van der Waals surface area contributed by atoms with Gasteiger partial charge in [0.25, 0.3) is 0 Å². The van der Waals surface area contributed by atoms with Crippen LogP contribution in [0.1, 0.15) is 0 Å². The Labute approximate surface area is 72.0 Å². The van der Waals surface area contributed by atoms with Crippen LogP contribution in [-0.2, 0) is 14.8 Å². The van der Waals surface area contributed by atoms with Crippen LogP contribution >= 0.6 is 0 Å². The lowest BCUT2D eigenvalue weighted by Crippen LogP contribution is -2.31. The van der Waals surface area contributed by atoms with Gasteiger partial charge in [-0.2, -0.15) is 0 Å². The molecule has 12 heavy (non-hydrogen) atoms. The number of rotatable bonds is 5. The number of carbonyl (C=O) groups excluding carboxylic acids is 1. The lowest BCUT2D eigenvalue weighted by Gasteiger charge is -2.01. The highest BCUT2D eigenvalue weighted by molar-refractivity contribution is 7.90. The number of carbonyl (C=O) groups is 1. The lowest BCUT2D eigenvalue weighted by atomic mass is 10.4. The van der Waals surface area contributed by atoms with Crippen molar-refractivity contribution in [3.63, 3.8) is 0 Å². The Hall–Kier alpha value is -1.10. The van der Waals surface area contributed by atoms with Gasteiger partial charge in [0.05, 0.1) is 12.2 Å². The van der Waals surface area contributed by atoms with E-state index < -0.39 is 15.9 Å². The molecule has 4 nitrogen and oxygen atoms in total. The molecule has 0 bridgehead atoms. The molecule has 0 saturated heterocycles. The predicted molar refractivity (Wildman–Crippen MR) is 46.6 cm³/mol. The van der Waals surface area contributed by atoms with Crippen LogP contribution in [0.25, 0.3) is 0 Å². The lowest BCUT2D eigenvalue weighted by molar-refractivity contribution is -0.115. The molecule has 0 rings (SSSR count). The van der Waals surface area contributed by atoms with E-state index >= 15 is 0 Å². The van der Waals surface area contributed by atoms with Gasteiger partial charge in [-0.25, -0.2) is 8.42 Å². The van der Waals surface area contributed by atoms with Crippen molar-refractivity contribution in [1.82, 2.24) is 4.72 Å². The van der Waals surface area contributed by atoms with Crippen molar-refractivity contribution in [3.8, 4) is 0 Å². The third-order valence-electron chi connectivity index (χ3n) is 0.863. The standard InChI is InChI=1S/C7H10NO3S/c1-3-5-7(9)8-12(10,11)6-4-2/h3-5H,1-2,6H2,(H,8,9). The number of hydrogen-bond donors (Lipinski definition) is 1. The Bertz CT molecular complexity index is 279. The Balaban J connectivity index is 4.15. The van der Waals surface area contributed by atoms with E-state index in [-0.39, 0.29) is 5.75 Å². The van der Waals surface area contributed by atoms with Gasteiger partial charge in [0.2, 0.25) is 15.9 Å². The second-order valence-corrected chi connectivity index (χ2v) is 3.71. The van der Waals surface area contributed by atoms with Crippen LogP contribution < -0.4 is 4.72 Å². The first-order valence-corrected chi connectivity index (χ1v) is 4.78. The summed E-state index contributed by atoms with van der Waals surface area (Å²) in [5, 5.41) is 0. The summed E-state index contributed by atoms with van der Waals surface area (Å²) in [4.78, 5) is 10.7. The van der Waals surface area contributed by atoms with Crippen molar-refractivity contribution < 1.29 is 13.2 Å². The summed E-state index contributed by atoms with van der Waals surface area (Å²) in [7, 11) is -3.55. The molecule has 0 aliphatic rings. The van der Waals surface area contributed by atoms with Crippen molar-refractivity contribution in [1.29, 1.82) is 0 Å². The number of sulfonamides is 1. The molecule has 0 fully saturated rings. The average Bonchev–Trinajstić information content (AvgIpc) is 1.85. The van der Waals surface area contributed by atoms with Crippen LogP contribution in [-0.4, -0.2) is 20.1 Å². The number of hydrogen-bond acceptors (Lipinski definition) is 3. The second-order valence-electron chi connectivity index (χ2n) is 1.94. The third kappa shape index (κ3) is 4.68. The molecular weight excluding hydrogens is 178 g/mol. The van der Waals surface area contributed by atoms with Crippen LogP contribution in [0.15, 0.2) is 25.3 Å². The van der Waals surface area contributed by atoms with Crippen LogP contribution in [0, 0.1) is 6.42 Å². The molecule has 1 radical (unpaired) electrons. The molecule has 67 valence electrons. The minimum Gasteiger partial charge on any atom is -0.273 e. The van der Waals surface area contributed by atoms with Gasteiger partial charge in [-0.05, 0) is 0 Å². The number of nitrogens with one attached hydrogen (secondary N) is 1. The third-order valence-corrected chi connectivity index (χ3v) is 2.05. The summed E-state index contributed by atoms with van der Waals surface area (Å²) in [6, 6.07) is 0. The summed E-state index contributed by atoms with van der Waals surface area (Å²) in [6.07, 6.45) is 3.43. The first-order chi connectivity index (χ1) is 5.52. The van der Waals surface area contributed by atoms with Gasteiger partial charge in [-0.1, -0.05) is 12.2 Å². The van der Waals surface area contributed by atoms with Crippen molar-refractivity contribution in [2.45, 2.75) is 0 Å². The molecular formula is C7H10NO3S. The smallest absolute Gasteiger partial charge is 0.241 e. The summed E-state index contributed by atoms with van der Waals surface area (Å²) in [5.41, 5.74) is 0. The minimum absolute atomic E-state index is 0.274. The Morgan fingerprint density at radius 3 is 2.42 bits per heavy atom. The molecule has 0 spiro atoms. The maximum Gasteiger partial charge on any atom is 0.241 e. The van der Waals surface area contributed by atoms with Crippen molar-refractivity contribution in [2.75, 3.05) is 5.75 Å². The van der Waals surface area contributed by atoms with Gasteiger partial charge in [0.1, 0.15) is 0 Å². The molecule has 0 aromatic rings. The highest BCUT2D eigenvalue weighted by Crippen LogP contribution is 1.86. The first-order valence-electron chi connectivity index (χ1n) is 3.13. The molecule has 0 aliphatic heterocycles. The fourth-order valence-electron chi connectivity index (χ4n) is 0.491. The van der Waals surface area contributed by atoms with Gasteiger partial charge in [-0.3, -0.25) is 9.52 Å². The molecule has 0 unspecified atom stereocenters. The van der Waals surface area contributed by atoms with E-state index in [0.717, 1.165) is 6.42 Å². The summed E-state index contributed by atoms with van der Waals surface area (Å²) in [6.45, 7) is 6.48. The SMILES string of the molecule is C=C[CH]C(=O)NS(=O)(=O)CC=C. The summed E-state index contributed by atoms with van der Waals surface area (Å²) in [5.74, 6) is -0.976. The zero-order chi connectivity index (χ0) is 9.61. The van der Waals surface area contributed by atoms with Crippen molar-refractivity contribution >= 4 is 15.9 Å². The topological polar surface area (TPSA) is 63.2 Å². The van der Waals surface area contributed by atoms with Crippen LogP contribution in [0.4, 0.5) is 0 Å². The quantitative estimate of drug-likeness (QED) is 0.618. The fourth-order valence-corrected chi connectivity index (χ4v) is 1.26. The Kier molecular flexibility index (Phi) is 4.28. The maximum atomic E-state index is 10.9. The molecule has 0 aromatic heterocycles. The zero-order valence-corrected chi connectivity index (χ0v) is 7.30. The van der Waals surface area contributed by atoms with Crippen molar-refractivity contribution in [2.24, 2.45) is 0 Å². The molecule has 0 aliphatic carbocycles. The van der Waals surface area contributed by atoms with E-state index in [1.807, 2.05) is 0 Å². The van der Waals surface area contributed by atoms with Crippen molar-refractivity contribution in [3.05, 3.63) is 31.7 Å². The Morgan fingerprint density at radius 2 is 2.00 bits per heavy atom. The van der Waals surface area contributed by atoms with E-state index in [2.05, 4.69) is 13.2 Å². The number of amides is 1. The maximum absolute atomic E-state index is 10.9. The van der Waals surface area contributed by atoms with E-state index in [9.17, 15) is 13.2 Å². The molecule has 5 heteroatoms. The van der Waals surface area contributed by atoms with E-state index in [1.54, 1.807) is 4.72 Å². The molecule has 0 saturated carbocycles. The van der Waals surface area contributed by atoms with E-state index in [0.29, 0.717) is 0 Å². The van der Waals surface area contributed by atoms with Gasteiger partial charge in [0, 0.05) is 0 Å². The zero-order valence-electron chi connectivity index (χ0n) is 6.49. The molecule has 0 aromatic carbocycles. The minimum atomic E-state index is -3.55. The van der Waals surface area contributed by atoms with Crippen LogP contribution in [0.2, 0.25) is 0 Å². The predicted octanol–water partition coefficient (Wildman–Crippen LogP) is 0.00869. The highest BCUT2D eigenvalue weighted by atomic mass is 32.2. The van der Waals surface area contributed by atoms with Gasteiger partial charge in [0.15, 0.2) is 0 Å².